The average Bonchev–Trinajstić information content (AvgIpc) is 2.41. The van der Waals surface area contributed by atoms with Crippen molar-refractivity contribution in [3.8, 4) is 0 Å². The Kier molecular flexibility index (Phi) is 3.86. The second kappa shape index (κ2) is 5.41. The fraction of sp³-hybridized carbons (Fsp3) is 0. The van der Waals surface area contributed by atoms with E-state index in [9.17, 15) is 13.2 Å². The lowest BCUT2D eigenvalue weighted by Gasteiger charge is -2.10. The second-order valence-electron chi connectivity index (χ2n) is 3.38. The van der Waals surface area contributed by atoms with Gasteiger partial charge in [-0.1, -0.05) is 0 Å². The molecular formula is C10H7BrF3N5. The summed E-state index contributed by atoms with van der Waals surface area (Å²) in [6, 6.07) is 1.86. The van der Waals surface area contributed by atoms with Crippen LogP contribution in [0.4, 0.5) is 30.5 Å². The fourth-order valence-electron chi connectivity index (χ4n) is 1.31. The van der Waals surface area contributed by atoms with Crippen LogP contribution in [0.25, 0.3) is 0 Å². The third-order valence-corrected chi connectivity index (χ3v) is 2.97. The van der Waals surface area contributed by atoms with Gasteiger partial charge in [0.2, 0.25) is 0 Å². The van der Waals surface area contributed by atoms with Crippen LogP contribution in [0.2, 0.25) is 0 Å². The third-order valence-electron chi connectivity index (χ3n) is 2.21. The lowest BCUT2D eigenvalue weighted by molar-refractivity contribution is 0.449. The number of nitrogens with one attached hydrogen (secondary N) is 2. The van der Waals surface area contributed by atoms with Crippen LogP contribution in [-0.4, -0.2) is 9.97 Å². The molecule has 1 heterocycles. The van der Waals surface area contributed by atoms with Crippen molar-refractivity contribution in [1.82, 2.24) is 9.97 Å². The van der Waals surface area contributed by atoms with Gasteiger partial charge in [0.25, 0.3) is 0 Å². The Morgan fingerprint density at radius 1 is 1.05 bits per heavy atom. The van der Waals surface area contributed by atoms with Crippen molar-refractivity contribution in [2.75, 3.05) is 10.7 Å². The number of halogens is 4. The number of nitrogens with zero attached hydrogens (tertiary/aromatic N) is 2. The van der Waals surface area contributed by atoms with E-state index in [0.29, 0.717) is 4.47 Å². The summed E-state index contributed by atoms with van der Waals surface area (Å²) in [5.74, 6) is 1.43. The van der Waals surface area contributed by atoms with Gasteiger partial charge in [-0.05, 0) is 28.1 Å². The molecule has 0 unspecified atom stereocenters. The Bertz CT molecular complexity index is 622. The highest BCUT2D eigenvalue weighted by Gasteiger charge is 2.15. The lowest BCUT2D eigenvalue weighted by Crippen LogP contribution is -2.10. The number of nitrogens with two attached hydrogens (primary N) is 1. The van der Waals surface area contributed by atoms with Gasteiger partial charge in [0.1, 0.15) is 16.6 Å². The molecule has 0 saturated heterocycles. The van der Waals surface area contributed by atoms with E-state index in [4.69, 9.17) is 5.84 Å². The predicted molar refractivity (Wildman–Crippen MR) is 67.1 cm³/mol. The van der Waals surface area contributed by atoms with Gasteiger partial charge in [0.15, 0.2) is 23.3 Å². The molecule has 0 radical (unpaired) electrons. The highest BCUT2D eigenvalue weighted by molar-refractivity contribution is 9.10. The molecule has 19 heavy (non-hydrogen) atoms. The van der Waals surface area contributed by atoms with Gasteiger partial charge in [0, 0.05) is 0 Å². The first-order chi connectivity index (χ1) is 9.04. The van der Waals surface area contributed by atoms with Gasteiger partial charge < -0.3 is 10.7 Å². The average molecular weight is 334 g/mol. The minimum Gasteiger partial charge on any atom is -0.337 e. The molecule has 2 rings (SSSR count). The number of hydrogen-bond donors (Lipinski definition) is 3. The topological polar surface area (TPSA) is 75.9 Å². The van der Waals surface area contributed by atoms with E-state index < -0.39 is 17.5 Å². The maximum Gasteiger partial charge on any atom is 0.196 e. The van der Waals surface area contributed by atoms with Crippen molar-refractivity contribution in [2.24, 2.45) is 5.84 Å². The Morgan fingerprint density at radius 3 is 2.42 bits per heavy atom. The van der Waals surface area contributed by atoms with Gasteiger partial charge >= 0.3 is 0 Å². The number of anilines is 3. The molecule has 0 spiro atoms. The van der Waals surface area contributed by atoms with Crippen molar-refractivity contribution in [3.05, 3.63) is 40.4 Å². The molecule has 4 N–H and O–H groups in total. The normalized spacial score (nSPS) is 10.4. The molecule has 0 bridgehead atoms. The summed E-state index contributed by atoms with van der Waals surface area (Å²) >= 11 is 3.14. The van der Waals surface area contributed by atoms with E-state index in [1.807, 2.05) is 0 Å². The third kappa shape index (κ3) is 2.61. The van der Waals surface area contributed by atoms with Crippen LogP contribution >= 0.6 is 15.9 Å². The monoisotopic (exact) mass is 333 g/mol. The Labute approximate surface area is 114 Å². The summed E-state index contributed by atoms with van der Waals surface area (Å²) in [5.41, 5.74) is 2.03. The lowest BCUT2D eigenvalue weighted by atomic mass is 10.3. The van der Waals surface area contributed by atoms with Gasteiger partial charge in [0.05, 0.1) is 5.69 Å². The van der Waals surface area contributed by atoms with Crippen molar-refractivity contribution in [2.45, 2.75) is 0 Å². The van der Waals surface area contributed by atoms with Crippen molar-refractivity contribution < 1.29 is 13.2 Å². The van der Waals surface area contributed by atoms with Gasteiger partial charge in [-0.15, -0.1) is 0 Å². The summed E-state index contributed by atoms with van der Waals surface area (Å²) < 4.78 is 39.7. The van der Waals surface area contributed by atoms with Crippen LogP contribution in [0.3, 0.4) is 0 Å². The molecule has 0 amide bonds. The molecule has 1 aromatic heterocycles. The zero-order valence-electron chi connectivity index (χ0n) is 9.22. The largest absolute Gasteiger partial charge is 0.337 e. The molecule has 0 aliphatic heterocycles. The number of hydrazine groups is 1. The van der Waals surface area contributed by atoms with E-state index in [1.165, 1.54) is 6.33 Å². The highest BCUT2D eigenvalue weighted by Crippen LogP contribution is 2.30. The summed E-state index contributed by atoms with van der Waals surface area (Å²) in [7, 11) is 0. The van der Waals surface area contributed by atoms with Gasteiger partial charge in [-0.3, -0.25) is 0 Å². The molecule has 100 valence electrons. The molecule has 0 aliphatic carbocycles. The first-order valence-electron chi connectivity index (χ1n) is 4.92. The number of hydrogen-bond acceptors (Lipinski definition) is 5. The molecule has 1 aromatic carbocycles. The van der Waals surface area contributed by atoms with Crippen molar-refractivity contribution in [3.63, 3.8) is 0 Å². The van der Waals surface area contributed by atoms with E-state index in [1.54, 1.807) is 0 Å². The van der Waals surface area contributed by atoms with Crippen LogP contribution in [-0.2, 0) is 0 Å². The van der Waals surface area contributed by atoms with Crippen LogP contribution in [0.15, 0.2) is 22.9 Å². The Balaban J connectivity index is 2.39. The quantitative estimate of drug-likeness (QED) is 0.457. The van der Waals surface area contributed by atoms with E-state index in [2.05, 4.69) is 36.6 Å². The first-order valence-corrected chi connectivity index (χ1v) is 5.71. The van der Waals surface area contributed by atoms with Crippen LogP contribution in [0.5, 0.6) is 0 Å². The maximum absolute atomic E-state index is 13.5. The molecule has 9 heteroatoms. The van der Waals surface area contributed by atoms with Gasteiger partial charge in [-0.25, -0.2) is 29.0 Å². The highest BCUT2D eigenvalue weighted by atomic mass is 79.9. The molecule has 0 saturated carbocycles. The Hall–Kier alpha value is -1.87. The van der Waals surface area contributed by atoms with Gasteiger partial charge in [-0.2, -0.15) is 0 Å². The summed E-state index contributed by atoms with van der Waals surface area (Å²) in [6.07, 6.45) is 1.17. The fourth-order valence-corrected chi connectivity index (χ4v) is 1.73. The molecule has 0 fully saturated rings. The van der Waals surface area contributed by atoms with Crippen molar-refractivity contribution >= 4 is 33.3 Å². The smallest absolute Gasteiger partial charge is 0.196 e. The van der Waals surface area contributed by atoms with Crippen LogP contribution < -0.4 is 16.6 Å². The molecular weight excluding hydrogens is 327 g/mol. The van der Waals surface area contributed by atoms with E-state index in [0.717, 1.165) is 12.1 Å². The molecule has 2 aromatic rings. The number of nitrogen functional groups attached to an aromatic ring is 1. The number of rotatable bonds is 3. The van der Waals surface area contributed by atoms with Crippen LogP contribution in [0, 0.1) is 17.5 Å². The molecule has 0 atom stereocenters. The summed E-state index contributed by atoms with van der Waals surface area (Å²) in [6.45, 7) is 0. The van der Waals surface area contributed by atoms with Crippen LogP contribution in [0.1, 0.15) is 0 Å². The van der Waals surface area contributed by atoms with E-state index >= 15 is 0 Å². The first kappa shape index (κ1) is 13.6. The molecule has 0 aliphatic rings. The Morgan fingerprint density at radius 2 is 1.74 bits per heavy atom. The number of aromatic nitrogens is 2. The molecule has 5 nitrogen and oxygen atoms in total. The summed E-state index contributed by atoms with van der Waals surface area (Å²) in [5, 5.41) is 2.51. The predicted octanol–water partition coefficient (Wildman–Crippen LogP) is 2.69. The van der Waals surface area contributed by atoms with Crippen molar-refractivity contribution in [1.29, 1.82) is 0 Å². The number of benzene rings is 1. The SMILES string of the molecule is NNc1ncnc(Nc2ccc(F)c(F)c2F)c1Br. The minimum atomic E-state index is -1.56. The minimum absolute atomic E-state index is 0.146. The zero-order chi connectivity index (χ0) is 14.0. The second-order valence-corrected chi connectivity index (χ2v) is 4.17. The van der Waals surface area contributed by atoms with E-state index in [-0.39, 0.29) is 17.3 Å². The standard InChI is InChI=1S/C10H7BrF3N5/c11-6-9(16-3-17-10(6)19-15)18-5-2-1-4(12)7(13)8(5)14/h1-3H,15H2,(H2,16,17,18,19). The summed E-state index contributed by atoms with van der Waals surface area (Å²) in [4.78, 5) is 7.62. The maximum atomic E-state index is 13.5. The zero-order valence-corrected chi connectivity index (χ0v) is 10.8.